The normalized spacial score (nSPS) is 11.3. The summed E-state index contributed by atoms with van der Waals surface area (Å²) in [6.45, 7) is 2.02. The third-order valence-electron chi connectivity index (χ3n) is 2.77. The van der Waals surface area contributed by atoms with E-state index in [0.29, 0.717) is 16.8 Å². The average molecular weight is 297 g/mol. The van der Waals surface area contributed by atoms with Crippen LogP contribution in [0.4, 0.5) is 0 Å². The van der Waals surface area contributed by atoms with Gasteiger partial charge in [-0.15, -0.1) is 21.8 Å². The molecule has 0 unspecified atom stereocenters. The minimum atomic E-state index is 0.186. The maximum Gasteiger partial charge on any atom is 0.266 e. The summed E-state index contributed by atoms with van der Waals surface area (Å²) in [6.07, 6.45) is 2.54. The van der Waals surface area contributed by atoms with Crippen molar-refractivity contribution in [3.05, 3.63) is 34.9 Å². The van der Waals surface area contributed by atoms with E-state index in [4.69, 9.17) is 27.6 Å². The van der Waals surface area contributed by atoms with E-state index in [-0.39, 0.29) is 5.88 Å². The lowest BCUT2D eigenvalue weighted by atomic mass is 10.2. The Hall–Kier alpha value is -1.59. The quantitative estimate of drug-likeness (QED) is 0.696. The number of aromatic nitrogens is 4. The fraction of sp³-hybridized carbons (Fsp3) is 0.250. The molecule has 3 rings (SSSR count). The monoisotopic (exact) mass is 296 g/mol. The minimum absolute atomic E-state index is 0.186. The molecule has 0 saturated carbocycles. The molecule has 7 heteroatoms. The first kappa shape index (κ1) is 12.4. The second-order valence-electron chi connectivity index (χ2n) is 3.97. The van der Waals surface area contributed by atoms with E-state index >= 15 is 0 Å². The Kier molecular flexibility index (Phi) is 3.16. The summed E-state index contributed by atoms with van der Waals surface area (Å²) >= 11 is 11.7. The third-order valence-corrected chi connectivity index (χ3v) is 3.23. The van der Waals surface area contributed by atoms with Crippen LogP contribution in [0.25, 0.3) is 17.2 Å². The summed E-state index contributed by atoms with van der Waals surface area (Å²) in [7, 11) is 0. The first-order chi connectivity index (χ1) is 9.22. The van der Waals surface area contributed by atoms with Crippen LogP contribution in [-0.2, 0) is 12.3 Å². The summed E-state index contributed by atoms with van der Waals surface area (Å²) < 4.78 is 7.36. The minimum Gasteiger partial charge on any atom is -0.418 e. The Morgan fingerprint density at radius 2 is 2.16 bits per heavy atom. The molecule has 0 atom stereocenters. The van der Waals surface area contributed by atoms with Gasteiger partial charge < -0.3 is 4.42 Å². The topological polar surface area (TPSA) is 56.2 Å². The zero-order valence-electron chi connectivity index (χ0n) is 10.1. The molecular formula is C12H10Cl2N4O. The molecule has 0 N–H and O–H groups in total. The Balaban J connectivity index is 2.27. The highest BCUT2D eigenvalue weighted by Crippen LogP contribution is 2.26. The van der Waals surface area contributed by atoms with Gasteiger partial charge in [-0.1, -0.05) is 18.5 Å². The van der Waals surface area contributed by atoms with E-state index in [1.807, 2.05) is 17.4 Å². The molecule has 0 aromatic carbocycles. The predicted octanol–water partition coefficient (Wildman–Crippen LogP) is 3.34. The molecule has 0 aliphatic heterocycles. The molecule has 0 spiro atoms. The number of aryl methyl sites for hydroxylation is 1. The van der Waals surface area contributed by atoms with Crippen LogP contribution in [0.2, 0.25) is 5.02 Å². The summed E-state index contributed by atoms with van der Waals surface area (Å²) in [5.74, 6) is 0.976. The molecule has 19 heavy (non-hydrogen) atoms. The van der Waals surface area contributed by atoms with E-state index in [0.717, 1.165) is 23.5 Å². The molecule has 0 aliphatic rings. The van der Waals surface area contributed by atoms with Crippen LogP contribution < -0.4 is 0 Å². The maximum absolute atomic E-state index is 6.03. The maximum atomic E-state index is 6.03. The van der Waals surface area contributed by atoms with E-state index < -0.39 is 0 Å². The molecule has 0 radical (unpaired) electrons. The van der Waals surface area contributed by atoms with Crippen molar-refractivity contribution in [1.29, 1.82) is 0 Å². The number of hydrogen-bond acceptors (Lipinski definition) is 4. The molecule has 0 amide bonds. The Bertz CT molecular complexity index is 734. The van der Waals surface area contributed by atoms with Gasteiger partial charge in [-0.3, -0.25) is 4.40 Å². The molecule has 0 fully saturated rings. The molecule has 98 valence electrons. The number of fused-ring (bicyclic) bond motifs is 1. The molecule has 0 aliphatic carbocycles. The third kappa shape index (κ3) is 2.09. The van der Waals surface area contributed by atoms with Gasteiger partial charge in [0.2, 0.25) is 5.89 Å². The van der Waals surface area contributed by atoms with Crippen LogP contribution in [-0.4, -0.2) is 19.6 Å². The highest BCUT2D eigenvalue weighted by Gasteiger charge is 2.18. The van der Waals surface area contributed by atoms with Crippen molar-refractivity contribution in [2.45, 2.75) is 19.2 Å². The number of pyridine rings is 1. The predicted molar refractivity (Wildman–Crippen MR) is 72.4 cm³/mol. The van der Waals surface area contributed by atoms with Gasteiger partial charge in [0.05, 0.1) is 10.7 Å². The van der Waals surface area contributed by atoms with Crippen molar-refractivity contribution in [2.75, 3.05) is 0 Å². The SMILES string of the molecule is CCc1nc2ccc(Cl)cn2c1-c1nnc(CCl)o1. The lowest BCUT2D eigenvalue weighted by molar-refractivity contribution is 0.524. The first-order valence-corrected chi connectivity index (χ1v) is 6.69. The van der Waals surface area contributed by atoms with Gasteiger partial charge >= 0.3 is 0 Å². The summed E-state index contributed by atoms with van der Waals surface area (Å²) in [5, 5.41) is 8.50. The van der Waals surface area contributed by atoms with Crippen molar-refractivity contribution in [2.24, 2.45) is 0 Å². The molecular weight excluding hydrogens is 287 g/mol. The molecule has 3 heterocycles. The van der Waals surface area contributed by atoms with Crippen LogP contribution in [0, 0.1) is 0 Å². The van der Waals surface area contributed by atoms with Gasteiger partial charge in [0.25, 0.3) is 5.89 Å². The highest BCUT2D eigenvalue weighted by molar-refractivity contribution is 6.30. The second-order valence-corrected chi connectivity index (χ2v) is 4.67. The fourth-order valence-corrected chi connectivity index (χ4v) is 2.21. The van der Waals surface area contributed by atoms with E-state index in [2.05, 4.69) is 15.2 Å². The van der Waals surface area contributed by atoms with Crippen molar-refractivity contribution in [3.8, 4) is 11.6 Å². The number of halogens is 2. The Morgan fingerprint density at radius 3 is 2.84 bits per heavy atom. The molecule has 0 saturated heterocycles. The van der Waals surface area contributed by atoms with Crippen LogP contribution in [0.3, 0.4) is 0 Å². The second kappa shape index (κ2) is 4.83. The van der Waals surface area contributed by atoms with Crippen LogP contribution in [0.1, 0.15) is 18.5 Å². The van der Waals surface area contributed by atoms with Crippen molar-refractivity contribution < 1.29 is 4.42 Å². The van der Waals surface area contributed by atoms with Crippen LogP contribution in [0.15, 0.2) is 22.7 Å². The Labute approximate surface area is 119 Å². The highest BCUT2D eigenvalue weighted by atomic mass is 35.5. The summed E-state index contributed by atoms with van der Waals surface area (Å²) in [5.41, 5.74) is 2.44. The van der Waals surface area contributed by atoms with E-state index in [1.165, 1.54) is 0 Å². The van der Waals surface area contributed by atoms with Crippen molar-refractivity contribution in [1.82, 2.24) is 19.6 Å². The molecule has 0 bridgehead atoms. The number of imidazole rings is 1. The van der Waals surface area contributed by atoms with Gasteiger partial charge in [-0.05, 0) is 18.6 Å². The van der Waals surface area contributed by atoms with E-state index in [9.17, 15) is 0 Å². The molecule has 5 nitrogen and oxygen atoms in total. The van der Waals surface area contributed by atoms with Gasteiger partial charge in [0.1, 0.15) is 17.2 Å². The lowest BCUT2D eigenvalue weighted by Gasteiger charge is -1.99. The summed E-state index contributed by atoms with van der Waals surface area (Å²) in [4.78, 5) is 4.53. The van der Waals surface area contributed by atoms with Crippen molar-refractivity contribution >= 4 is 28.8 Å². The fourth-order valence-electron chi connectivity index (χ4n) is 1.94. The van der Waals surface area contributed by atoms with Gasteiger partial charge in [0.15, 0.2) is 0 Å². The zero-order valence-corrected chi connectivity index (χ0v) is 11.6. The van der Waals surface area contributed by atoms with E-state index in [1.54, 1.807) is 12.3 Å². The Morgan fingerprint density at radius 1 is 1.32 bits per heavy atom. The van der Waals surface area contributed by atoms with Crippen molar-refractivity contribution in [3.63, 3.8) is 0 Å². The number of hydrogen-bond donors (Lipinski definition) is 0. The number of rotatable bonds is 3. The average Bonchev–Trinajstić information content (AvgIpc) is 3.01. The smallest absolute Gasteiger partial charge is 0.266 e. The first-order valence-electron chi connectivity index (χ1n) is 5.78. The molecule has 3 aromatic heterocycles. The van der Waals surface area contributed by atoms with Crippen LogP contribution in [0.5, 0.6) is 0 Å². The van der Waals surface area contributed by atoms with Gasteiger partial charge in [-0.2, -0.15) is 0 Å². The number of alkyl halides is 1. The van der Waals surface area contributed by atoms with Gasteiger partial charge in [-0.25, -0.2) is 4.98 Å². The largest absolute Gasteiger partial charge is 0.418 e. The number of nitrogens with zero attached hydrogens (tertiary/aromatic N) is 4. The van der Waals surface area contributed by atoms with Crippen LogP contribution >= 0.6 is 23.2 Å². The standard InChI is InChI=1S/C12H10Cl2N4O/c1-2-8-11(12-17-16-10(5-13)19-12)18-6-7(14)3-4-9(18)15-8/h3-4,6H,2,5H2,1H3. The van der Waals surface area contributed by atoms with Gasteiger partial charge in [0, 0.05) is 6.20 Å². The molecule has 3 aromatic rings. The lowest BCUT2D eigenvalue weighted by Crippen LogP contribution is -1.91. The zero-order chi connectivity index (χ0) is 13.4. The summed E-state index contributed by atoms with van der Waals surface area (Å²) in [6, 6.07) is 3.65.